The van der Waals surface area contributed by atoms with E-state index in [4.69, 9.17) is 0 Å². The summed E-state index contributed by atoms with van der Waals surface area (Å²) in [6, 6.07) is 7.69. The molecule has 0 amide bonds. The van der Waals surface area contributed by atoms with Crippen LogP contribution in [-0.2, 0) is 0 Å². The van der Waals surface area contributed by atoms with Crippen molar-refractivity contribution in [3.8, 4) is 0 Å². The van der Waals surface area contributed by atoms with Gasteiger partial charge in [-0.25, -0.2) is 9.37 Å². The molecule has 6 nitrogen and oxygen atoms in total. The zero-order valence-corrected chi connectivity index (χ0v) is 13.7. The van der Waals surface area contributed by atoms with Gasteiger partial charge in [-0.3, -0.25) is 10.1 Å². The van der Waals surface area contributed by atoms with E-state index >= 15 is 0 Å². The van der Waals surface area contributed by atoms with Crippen molar-refractivity contribution in [1.29, 1.82) is 0 Å². The van der Waals surface area contributed by atoms with Crippen LogP contribution >= 0.6 is 15.9 Å². The Morgan fingerprint density at radius 1 is 1.43 bits per heavy atom. The molecule has 0 radical (unpaired) electrons. The SMILES string of the molecule is O=[N+]([O-])c1ccc(Br)cc1NC1CCN(c2ncccc2F)C1. The summed E-state index contributed by atoms with van der Waals surface area (Å²) in [5.41, 5.74) is 0.480. The molecule has 0 bridgehead atoms. The van der Waals surface area contributed by atoms with E-state index in [-0.39, 0.29) is 17.5 Å². The molecule has 3 rings (SSSR count). The summed E-state index contributed by atoms with van der Waals surface area (Å²) in [5, 5.41) is 14.3. The molecule has 1 atom stereocenters. The summed E-state index contributed by atoms with van der Waals surface area (Å²) in [4.78, 5) is 16.6. The van der Waals surface area contributed by atoms with E-state index in [0.717, 1.165) is 10.9 Å². The third-order valence-corrected chi connectivity index (χ3v) is 4.24. The molecule has 0 aliphatic carbocycles. The van der Waals surface area contributed by atoms with Crippen LogP contribution in [0.2, 0.25) is 0 Å². The lowest BCUT2D eigenvalue weighted by Gasteiger charge is -2.18. The third kappa shape index (κ3) is 3.42. The van der Waals surface area contributed by atoms with Crippen molar-refractivity contribution in [1.82, 2.24) is 4.98 Å². The molecule has 1 saturated heterocycles. The van der Waals surface area contributed by atoms with Gasteiger partial charge in [0, 0.05) is 35.9 Å². The zero-order valence-electron chi connectivity index (χ0n) is 12.1. The summed E-state index contributed by atoms with van der Waals surface area (Å²) in [7, 11) is 0. The van der Waals surface area contributed by atoms with E-state index in [1.807, 2.05) is 4.90 Å². The Balaban J connectivity index is 1.75. The van der Waals surface area contributed by atoms with E-state index < -0.39 is 4.92 Å². The van der Waals surface area contributed by atoms with Crippen LogP contribution in [0, 0.1) is 15.9 Å². The lowest BCUT2D eigenvalue weighted by Crippen LogP contribution is -2.27. The highest BCUT2D eigenvalue weighted by atomic mass is 79.9. The molecular weight excluding hydrogens is 367 g/mol. The molecule has 1 N–H and O–H groups in total. The van der Waals surface area contributed by atoms with Gasteiger partial charge in [-0.15, -0.1) is 0 Å². The fraction of sp³-hybridized carbons (Fsp3) is 0.267. The van der Waals surface area contributed by atoms with Gasteiger partial charge in [0.05, 0.1) is 4.92 Å². The van der Waals surface area contributed by atoms with Crippen molar-refractivity contribution < 1.29 is 9.31 Å². The number of nitro groups is 1. The molecule has 1 aliphatic heterocycles. The lowest BCUT2D eigenvalue weighted by molar-refractivity contribution is -0.384. The monoisotopic (exact) mass is 380 g/mol. The Hall–Kier alpha value is -2.22. The van der Waals surface area contributed by atoms with Gasteiger partial charge in [-0.2, -0.15) is 0 Å². The van der Waals surface area contributed by atoms with Crippen LogP contribution in [0.15, 0.2) is 41.0 Å². The fourth-order valence-electron chi connectivity index (χ4n) is 2.68. The van der Waals surface area contributed by atoms with Crippen molar-refractivity contribution in [2.24, 2.45) is 0 Å². The first kappa shape index (κ1) is 15.7. The lowest BCUT2D eigenvalue weighted by atomic mass is 10.2. The van der Waals surface area contributed by atoms with Gasteiger partial charge in [-0.1, -0.05) is 15.9 Å². The van der Waals surface area contributed by atoms with Gasteiger partial charge in [0.1, 0.15) is 5.69 Å². The van der Waals surface area contributed by atoms with Gasteiger partial charge >= 0.3 is 0 Å². The summed E-state index contributed by atoms with van der Waals surface area (Å²) < 4.78 is 14.6. The average molecular weight is 381 g/mol. The highest BCUT2D eigenvalue weighted by Gasteiger charge is 2.27. The molecular formula is C15H14BrFN4O2. The van der Waals surface area contributed by atoms with E-state index in [0.29, 0.717) is 24.6 Å². The summed E-state index contributed by atoms with van der Waals surface area (Å²) >= 11 is 3.32. The Kier molecular flexibility index (Phi) is 4.42. The number of aromatic nitrogens is 1. The molecule has 0 saturated carbocycles. The highest BCUT2D eigenvalue weighted by Crippen LogP contribution is 2.30. The minimum atomic E-state index is -0.417. The second-order valence-electron chi connectivity index (χ2n) is 5.30. The van der Waals surface area contributed by atoms with Crippen LogP contribution in [0.1, 0.15) is 6.42 Å². The maximum Gasteiger partial charge on any atom is 0.292 e. The number of rotatable bonds is 4. The highest BCUT2D eigenvalue weighted by molar-refractivity contribution is 9.10. The normalized spacial score (nSPS) is 17.3. The van der Waals surface area contributed by atoms with Crippen LogP contribution in [0.5, 0.6) is 0 Å². The first-order chi connectivity index (χ1) is 11.0. The largest absolute Gasteiger partial charge is 0.375 e. The molecule has 2 heterocycles. The number of pyridine rings is 1. The molecule has 2 aromatic rings. The standard InChI is InChI=1S/C15H14BrFN4O2/c16-10-3-4-14(21(22)23)13(8-10)19-11-5-7-20(9-11)15-12(17)2-1-6-18-15/h1-4,6,8,11,19H,5,7,9H2. The summed E-state index contributed by atoms with van der Waals surface area (Å²) in [6.07, 6.45) is 2.30. The van der Waals surface area contributed by atoms with Crippen LogP contribution in [0.4, 0.5) is 21.6 Å². The first-order valence-corrected chi connectivity index (χ1v) is 7.90. The Bertz CT molecular complexity index is 743. The molecule has 1 aromatic heterocycles. The number of hydrogen-bond acceptors (Lipinski definition) is 5. The van der Waals surface area contributed by atoms with Gasteiger partial charge in [0.15, 0.2) is 11.6 Å². The van der Waals surface area contributed by atoms with E-state index in [1.54, 1.807) is 24.4 Å². The smallest absolute Gasteiger partial charge is 0.292 e. The van der Waals surface area contributed by atoms with Gasteiger partial charge in [-0.05, 0) is 30.7 Å². The average Bonchev–Trinajstić information content (AvgIpc) is 2.95. The Labute approximate surface area is 140 Å². The molecule has 0 spiro atoms. The van der Waals surface area contributed by atoms with E-state index in [1.165, 1.54) is 12.1 Å². The number of nitrogens with zero attached hydrogens (tertiary/aromatic N) is 3. The van der Waals surface area contributed by atoms with Gasteiger partial charge in [0.25, 0.3) is 5.69 Å². The van der Waals surface area contributed by atoms with Crippen molar-refractivity contribution in [3.63, 3.8) is 0 Å². The number of nitro benzene ring substituents is 1. The summed E-state index contributed by atoms with van der Waals surface area (Å²) in [6.45, 7) is 1.19. The molecule has 8 heteroatoms. The van der Waals surface area contributed by atoms with Crippen molar-refractivity contribution >= 4 is 33.1 Å². The maximum atomic E-state index is 13.8. The molecule has 1 aliphatic rings. The fourth-order valence-corrected chi connectivity index (χ4v) is 3.04. The second kappa shape index (κ2) is 6.49. The number of anilines is 2. The zero-order chi connectivity index (χ0) is 16.4. The quantitative estimate of drug-likeness (QED) is 0.648. The van der Waals surface area contributed by atoms with Crippen molar-refractivity contribution in [2.45, 2.75) is 12.5 Å². The Morgan fingerprint density at radius 3 is 3.00 bits per heavy atom. The van der Waals surface area contributed by atoms with Crippen molar-refractivity contribution in [3.05, 3.63) is 56.9 Å². The number of hydrogen-bond donors (Lipinski definition) is 1. The summed E-state index contributed by atoms with van der Waals surface area (Å²) in [5.74, 6) is -0.0397. The van der Waals surface area contributed by atoms with Gasteiger partial charge in [0.2, 0.25) is 0 Å². The van der Waals surface area contributed by atoms with Crippen LogP contribution in [-0.4, -0.2) is 29.0 Å². The van der Waals surface area contributed by atoms with Crippen molar-refractivity contribution in [2.75, 3.05) is 23.3 Å². The number of nitrogens with one attached hydrogen (secondary N) is 1. The maximum absolute atomic E-state index is 13.8. The predicted molar refractivity (Wildman–Crippen MR) is 89.2 cm³/mol. The van der Waals surface area contributed by atoms with E-state index in [9.17, 15) is 14.5 Å². The molecule has 1 aromatic carbocycles. The third-order valence-electron chi connectivity index (χ3n) is 3.74. The minimum Gasteiger partial charge on any atom is -0.375 e. The van der Waals surface area contributed by atoms with Gasteiger partial charge < -0.3 is 10.2 Å². The predicted octanol–water partition coefficient (Wildman–Crippen LogP) is 3.58. The first-order valence-electron chi connectivity index (χ1n) is 7.10. The minimum absolute atomic E-state index is 0.00981. The number of halogens is 2. The van der Waals surface area contributed by atoms with E-state index in [2.05, 4.69) is 26.2 Å². The Morgan fingerprint density at radius 2 is 2.26 bits per heavy atom. The molecule has 1 fully saturated rings. The topological polar surface area (TPSA) is 71.3 Å². The molecule has 120 valence electrons. The molecule has 23 heavy (non-hydrogen) atoms. The van der Waals surface area contributed by atoms with Crippen LogP contribution in [0.3, 0.4) is 0 Å². The number of benzene rings is 1. The molecule has 1 unspecified atom stereocenters. The van der Waals surface area contributed by atoms with Crippen LogP contribution in [0.25, 0.3) is 0 Å². The van der Waals surface area contributed by atoms with Crippen LogP contribution < -0.4 is 10.2 Å². The second-order valence-corrected chi connectivity index (χ2v) is 6.22.